The van der Waals surface area contributed by atoms with E-state index in [0.717, 1.165) is 16.0 Å². The van der Waals surface area contributed by atoms with E-state index in [1.54, 1.807) is 6.07 Å². The summed E-state index contributed by atoms with van der Waals surface area (Å²) in [5, 5.41) is 14.9. The fourth-order valence-corrected chi connectivity index (χ4v) is 3.90. The summed E-state index contributed by atoms with van der Waals surface area (Å²) in [7, 11) is 0. The highest BCUT2D eigenvalue weighted by Gasteiger charge is 2.19. The van der Waals surface area contributed by atoms with Gasteiger partial charge in [0.1, 0.15) is 11.1 Å². The van der Waals surface area contributed by atoms with Crippen molar-refractivity contribution in [1.82, 2.24) is 0 Å². The van der Waals surface area contributed by atoms with Gasteiger partial charge in [0.05, 0.1) is 10.4 Å². The molecule has 0 saturated heterocycles. The zero-order chi connectivity index (χ0) is 15.5. The second-order valence-electron chi connectivity index (χ2n) is 4.65. The zero-order valence-electron chi connectivity index (χ0n) is 11.8. The number of carbonyl (C=O) groups is 1. The van der Waals surface area contributed by atoms with Gasteiger partial charge in [-0.05, 0) is 23.9 Å². The van der Waals surface area contributed by atoms with E-state index in [1.165, 1.54) is 22.7 Å². The van der Waals surface area contributed by atoms with Crippen molar-refractivity contribution < 1.29 is 4.79 Å². The SMILES string of the molecule is Cc1sc(NC(=O)c2cccs2)c(C#N)c1-c1ccccc1. The molecular formula is C17H12N2OS2. The normalized spacial score (nSPS) is 10.2. The number of amides is 1. The number of hydrogen-bond donors (Lipinski definition) is 1. The van der Waals surface area contributed by atoms with Crippen molar-refractivity contribution in [3.63, 3.8) is 0 Å². The molecule has 5 heteroatoms. The summed E-state index contributed by atoms with van der Waals surface area (Å²) in [6.07, 6.45) is 0. The average Bonchev–Trinajstić information content (AvgIpc) is 3.16. The maximum Gasteiger partial charge on any atom is 0.266 e. The number of carbonyl (C=O) groups excluding carboxylic acids is 1. The molecule has 2 aromatic heterocycles. The lowest BCUT2D eigenvalue weighted by molar-refractivity contribution is 0.103. The van der Waals surface area contributed by atoms with Gasteiger partial charge in [-0.3, -0.25) is 4.79 Å². The first kappa shape index (κ1) is 14.5. The van der Waals surface area contributed by atoms with Gasteiger partial charge < -0.3 is 5.32 Å². The quantitative estimate of drug-likeness (QED) is 0.744. The number of anilines is 1. The molecule has 108 valence electrons. The van der Waals surface area contributed by atoms with Crippen LogP contribution >= 0.6 is 22.7 Å². The first-order valence-electron chi connectivity index (χ1n) is 6.64. The number of hydrogen-bond acceptors (Lipinski definition) is 4. The third-order valence-corrected chi connectivity index (χ3v) is 5.12. The molecule has 0 saturated carbocycles. The largest absolute Gasteiger partial charge is 0.312 e. The lowest BCUT2D eigenvalue weighted by Gasteiger charge is -2.03. The van der Waals surface area contributed by atoms with Gasteiger partial charge in [-0.25, -0.2) is 0 Å². The van der Waals surface area contributed by atoms with Crippen molar-refractivity contribution in [2.75, 3.05) is 5.32 Å². The Kier molecular flexibility index (Phi) is 4.05. The summed E-state index contributed by atoms with van der Waals surface area (Å²) in [5.74, 6) is -0.174. The van der Waals surface area contributed by atoms with Gasteiger partial charge in [-0.15, -0.1) is 22.7 Å². The third-order valence-electron chi connectivity index (χ3n) is 3.23. The van der Waals surface area contributed by atoms with E-state index in [0.29, 0.717) is 15.4 Å². The number of rotatable bonds is 3. The van der Waals surface area contributed by atoms with Crippen LogP contribution in [0.4, 0.5) is 5.00 Å². The molecule has 2 heterocycles. The molecule has 0 fully saturated rings. The molecule has 0 aliphatic rings. The van der Waals surface area contributed by atoms with Crippen LogP contribution in [0.15, 0.2) is 47.8 Å². The Hall–Kier alpha value is -2.42. The predicted molar refractivity (Wildman–Crippen MR) is 91.5 cm³/mol. The number of nitriles is 1. The molecule has 0 aliphatic carbocycles. The van der Waals surface area contributed by atoms with Crippen molar-refractivity contribution in [3.05, 3.63) is 63.2 Å². The molecule has 3 nitrogen and oxygen atoms in total. The van der Waals surface area contributed by atoms with Gasteiger partial charge in [-0.2, -0.15) is 5.26 Å². The van der Waals surface area contributed by atoms with Gasteiger partial charge in [0, 0.05) is 10.4 Å². The van der Waals surface area contributed by atoms with Crippen LogP contribution in [0.5, 0.6) is 0 Å². The Morgan fingerprint density at radius 2 is 1.95 bits per heavy atom. The van der Waals surface area contributed by atoms with Crippen LogP contribution in [-0.2, 0) is 0 Å². The topological polar surface area (TPSA) is 52.9 Å². The summed E-state index contributed by atoms with van der Waals surface area (Å²) < 4.78 is 0. The molecule has 1 aromatic carbocycles. The second kappa shape index (κ2) is 6.14. The highest BCUT2D eigenvalue weighted by molar-refractivity contribution is 7.17. The van der Waals surface area contributed by atoms with E-state index in [1.807, 2.05) is 48.7 Å². The summed E-state index contributed by atoms with van der Waals surface area (Å²) in [6, 6.07) is 15.6. The van der Waals surface area contributed by atoms with Crippen LogP contribution in [0.25, 0.3) is 11.1 Å². The molecule has 22 heavy (non-hydrogen) atoms. The lowest BCUT2D eigenvalue weighted by Crippen LogP contribution is -2.09. The van der Waals surface area contributed by atoms with E-state index in [2.05, 4.69) is 11.4 Å². The van der Waals surface area contributed by atoms with Crippen molar-refractivity contribution >= 4 is 33.6 Å². The second-order valence-corrected chi connectivity index (χ2v) is 6.82. The van der Waals surface area contributed by atoms with Crippen molar-refractivity contribution in [1.29, 1.82) is 5.26 Å². The summed E-state index contributed by atoms with van der Waals surface area (Å²) in [4.78, 5) is 13.9. The summed E-state index contributed by atoms with van der Waals surface area (Å²) >= 11 is 2.82. The third kappa shape index (κ3) is 2.67. The number of nitrogens with one attached hydrogen (secondary N) is 1. The molecule has 0 bridgehead atoms. The molecular weight excluding hydrogens is 312 g/mol. The predicted octanol–water partition coefficient (Wildman–Crippen LogP) is 4.91. The molecule has 0 atom stereocenters. The highest BCUT2D eigenvalue weighted by atomic mass is 32.1. The smallest absolute Gasteiger partial charge is 0.266 e. The van der Waals surface area contributed by atoms with Crippen molar-refractivity contribution in [2.24, 2.45) is 0 Å². The monoisotopic (exact) mass is 324 g/mol. The van der Waals surface area contributed by atoms with Crippen LogP contribution in [0.1, 0.15) is 20.1 Å². The van der Waals surface area contributed by atoms with Crippen LogP contribution in [0, 0.1) is 18.3 Å². The van der Waals surface area contributed by atoms with Crippen LogP contribution in [0.3, 0.4) is 0 Å². The van der Waals surface area contributed by atoms with Gasteiger partial charge in [-0.1, -0.05) is 36.4 Å². The van der Waals surface area contributed by atoms with Crippen molar-refractivity contribution in [3.8, 4) is 17.2 Å². The highest BCUT2D eigenvalue weighted by Crippen LogP contribution is 2.39. The number of aryl methyl sites for hydroxylation is 1. The Bertz CT molecular complexity index is 843. The van der Waals surface area contributed by atoms with Crippen LogP contribution < -0.4 is 5.32 Å². The lowest BCUT2D eigenvalue weighted by atomic mass is 10.0. The first-order chi connectivity index (χ1) is 10.7. The van der Waals surface area contributed by atoms with Gasteiger partial charge in [0.25, 0.3) is 5.91 Å². The van der Waals surface area contributed by atoms with Crippen LogP contribution in [-0.4, -0.2) is 5.91 Å². The fraction of sp³-hybridized carbons (Fsp3) is 0.0588. The minimum atomic E-state index is -0.174. The average molecular weight is 324 g/mol. The molecule has 3 aromatic rings. The minimum Gasteiger partial charge on any atom is -0.312 e. The van der Waals surface area contributed by atoms with Gasteiger partial charge >= 0.3 is 0 Å². The minimum absolute atomic E-state index is 0.174. The Labute approximate surface area is 136 Å². The summed E-state index contributed by atoms with van der Waals surface area (Å²) in [5.41, 5.74) is 2.41. The number of thiophene rings is 2. The van der Waals surface area contributed by atoms with Crippen molar-refractivity contribution in [2.45, 2.75) is 6.92 Å². The van der Waals surface area contributed by atoms with Crippen LogP contribution in [0.2, 0.25) is 0 Å². The first-order valence-corrected chi connectivity index (χ1v) is 8.34. The molecule has 0 aliphatic heterocycles. The molecule has 0 radical (unpaired) electrons. The maximum absolute atomic E-state index is 12.2. The molecule has 1 amide bonds. The van der Waals surface area contributed by atoms with E-state index in [-0.39, 0.29) is 5.91 Å². The van der Waals surface area contributed by atoms with E-state index < -0.39 is 0 Å². The summed E-state index contributed by atoms with van der Waals surface area (Å²) in [6.45, 7) is 1.97. The van der Waals surface area contributed by atoms with E-state index in [4.69, 9.17) is 0 Å². The Morgan fingerprint density at radius 3 is 2.59 bits per heavy atom. The maximum atomic E-state index is 12.2. The molecule has 3 rings (SSSR count). The Balaban J connectivity index is 2.00. The Morgan fingerprint density at radius 1 is 1.18 bits per heavy atom. The molecule has 0 unspecified atom stereocenters. The van der Waals surface area contributed by atoms with E-state index in [9.17, 15) is 10.1 Å². The standard InChI is InChI=1S/C17H12N2OS2/c1-11-15(12-6-3-2-4-7-12)13(10-18)17(22-11)19-16(20)14-8-5-9-21-14/h2-9H,1H3,(H,19,20). The molecule has 0 spiro atoms. The number of benzene rings is 1. The van der Waals surface area contributed by atoms with E-state index >= 15 is 0 Å². The molecule has 1 N–H and O–H groups in total. The van der Waals surface area contributed by atoms with Gasteiger partial charge in [0.2, 0.25) is 0 Å². The number of nitrogens with zero attached hydrogens (tertiary/aromatic N) is 1. The van der Waals surface area contributed by atoms with Gasteiger partial charge in [0.15, 0.2) is 0 Å². The zero-order valence-corrected chi connectivity index (χ0v) is 13.4. The fourth-order valence-electron chi connectivity index (χ4n) is 2.26.